The first-order chi connectivity index (χ1) is 8.60. The lowest BCUT2D eigenvalue weighted by Crippen LogP contribution is -2.03. The third-order valence-electron chi connectivity index (χ3n) is 2.15. The fourth-order valence-electron chi connectivity index (χ4n) is 1.30. The maximum Gasteiger partial charge on any atom is 0.224 e. The molecule has 0 radical (unpaired) electrons. The molecular formula is C11H9Br2FN4. The van der Waals surface area contributed by atoms with Gasteiger partial charge in [0, 0.05) is 16.0 Å². The van der Waals surface area contributed by atoms with Crippen LogP contribution in [-0.4, -0.2) is 17.0 Å². The summed E-state index contributed by atoms with van der Waals surface area (Å²) in [5, 5.41) is 5.67. The molecule has 0 aliphatic carbocycles. The van der Waals surface area contributed by atoms with Gasteiger partial charge in [-0.05, 0) is 34.1 Å². The van der Waals surface area contributed by atoms with Crippen molar-refractivity contribution in [3.05, 3.63) is 39.2 Å². The van der Waals surface area contributed by atoms with E-state index in [4.69, 9.17) is 0 Å². The number of aromatic nitrogens is 2. The number of anilines is 3. The van der Waals surface area contributed by atoms with Gasteiger partial charge in [0.05, 0.1) is 11.9 Å². The Balaban J connectivity index is 2.36. The van der Waals surface area contributed by atoms with E-state index < -0.39 is 5.82 Å². The van der Waals surface area contributed by atoms with Crippen LogP contribution in [0.4, 0.5) is 21.8 Å². The maximum absolute atomic E-state index is 13.6. The van der Waals surface area contributed by atoms with Gasteiger partial charge < -0.3 is 10.6 Å². The quantitative estimate of drug-likeness (QED) is 0.853. The van der Waals surface area contributed by atoms with Crippen LogP contribution in [0.3, 0.4) is 0 Å². The Morgan fingerprint density at radius 3 is 2.78 bits per heavy atom. The molecule has 1 aromatic carbocycles. The molecule has 0 atom stereocenters. The van der Waals surface area contributed by atoms with Crippen LogP contribution in [0.5, 0.6) is 0 Å². The van der Waals surface area contributed by atoms with Gasteiger partial charge in [-0.3, -0.25) is 0 Å². The summed E-state index contributed by atoms with van der Waals surface area (Å²) in [5.74, 6) is -0.0426. The minimum absolute atomic E-state index is 0.119. The van der Waals surface area contributed by atoms with Crippen LogP contribution in [-0.2, 0) is 0 Å². The highest BCUT2D eigenvalue weighted by Gasteiger charge is 2.08. The van der Waals surface area contributed by atoms with Crippen molar-refractivity contribution in [1.29, 1.82) is 0 Å². The molecule has 0 unspecified atom stereocenters. The second-order valence-electron chi connectivity index (χ2n) is 3.39. The molecule has 0 aliphatic rings. The molecule has 0 aliphatic heterocycles. The van der Waals surface area contributed by atoms with E-state index in [1.54, 1.807) is 7.05 Å². The van der Waals surface area contributed by atoms with Crippen molar-refractivity contribution in [2.45, 2.75) is 0 Å². The molecule has 0 bridgehead atoms. The van der Waals surface area contributed by atoms with E-state index in [1.807, 2.05) is 18.2 Å². The van der Waals surface area contributed by atoms with E-state index in [0.29, 0.717) is 11.6 Å². The summed E-state index contributed by atoms with van der Waals surface area (Å²) in [6.07, 6.45) is 1.12. The molecule has 0 fully saturated rings. The van der Waals surface area contributed by atoms with Crippen molar-refractivity contribution in [3.8, 4) is 0 Å². The second-order valence-corrected chi connectivity index (χ2v) is 5.16. The minimum Gasteiger partial charge on any atom is -0.357 e. The molecule has 1 heterocycles. The van der Waals surface area contributed by atoms with Crippen LogP contribution in [0.15, 0.2) is 33.3 Å². The number of benzene rings is 1. The highest BCUT2D eigenvalue weighted by molar-refractivity contribution is 9.11. The van der Waals surface area contributed by atoms with E-state index in [2.05, 4.69) is 52.5 Å². The van der Waals surface area contributed by atoms with Crippen molar-refractivity contribution in [2.24, 2.45) is 0 Å². The number of hydrogen-bond donors (Lipinski definition) is 2. The lowest BCUT2D eigenvalue weighted by molar-refractivity contribution is 0.619. The molecule has 0 amide bonds. The first-order valence-electron chi connectivity index (χ1n) is 5.02. The fourth-order valence-corrected chi connectivity index (χ4v) is 2.00. The highest BCUT2D eigenvalue weighted by atomic mass is 79.9. The van der Waals surface area contributed by atoms with Crippen molar-refractivity contribution in [2.75, 3.05) is 17.7 Å². The Morgan fingerprint density at radius 2 is 2.06 bits per heavy atom. The lowest BCUT2D eigenvalue weighted by atomic mass is 10.3. The smallest absolute Gasteiger partial charge is 0.224 e. The van der Waals surface area contributed by atoms with Gasteiger partial charge in [0.1, 0.15) is 0 Å². The molecule has 94 valence electrons. The largest absolute Gasteiger partial charge is 0.357 e. The van der Waals surface area contributed by atoms with Crippen LogP contribution in [0, 0.1) is 5.82 Å². The van der Waals surface area contributed by atoms with Gasteiger partial charge in [-0.2, -0.15) is 4.98 Å². The van der Waals surface area contributed by atoms with Crippen molar-refractivity contribution in [3.63, 3.8) is 0 Å². The van der Waals surface area contributed by atoms with E-state index in [-0.39, 0.29) is 5.82 Å². The summed E-state index contributed by atoms with van der Waals surface area (Å²) in [6, 6.07) is 5.56. The molecule has 2 rings (SSSR count). The summed E-state index contributed by atoms with van der Waals surface area (Å²) in [5.41, 5.74) is 0.712. The molecule has 2 aromatic rings. The standard InChI is InChI=1S/C11H9Br2FN4/c1-15-11-16-5-8(14)10(18-11)17-9-4-6(12)2-3-7(9)13/h2-5H,1H3,(H2,15,16,17,18). The van der Waals surface area contributed by atoms with Crippen LogP contribution < -0.4 is 10.6 Å². The lowest BCUT2D eigenvalue weighted by Gasteiger charge is -2.10. The van der Waals surface area contributed by atoms with E-state index in [0.717, 1.165) is 15.1 Å². The molecule has 0 saturated heterocycles. The van der Waals surface area contributed by atoms with Crippen molar-refractivity contribution >= 4 is 49.3 Å². The van der Waals surface area contributed by atoms with Crippen LogP contribution in [0.1, 0.15) is 0 Å². The monoisotopic (exact) mass is 374 g/mol. The Morgan fingerprint density at radius 1 is 1.28 bits per heavy atom. The van der Waals surface area contributed by atoms with E-state index in [1.165, 1.54) is 0 Å². The molecule has 18 heavy (non-hydrogen) atoms. The molecular weight excluding hydrogens is 367 g/mol. The summed E-state index contributed by atoms with van der Waals surface area (Å²) in [4.78, 5) is 7.79. The topological polar surface area (TPSA) is 49.8 Å². The Bertz CT molecular complexity index is 577. The average molecular weight is 376 g/mol. The zero-order chi connectivity index (χ0) is 13.1. The number of rotatable bonds is 3. The first-order valence-corrected chi connectivity index (χ1v) is 6.61. The molecule has 0 saturated carbocycles. The van der Waals surface area contributed by atoms with E-state index in [9.17, 15) is 4.39 Å². The van der Waals surface area contributed by atoms with Crippen LogP contribution in [0.25, 0.3) is 0 Å². The van der Waals surface area contributed by atoms with Gasteiger partial charge >= 0.3 is 0 Å². The zero-order valence-electron chi connectivity index (χ0n) is 9.34. The third-order valence-corrected chi connectivity index (χ3v) is 3.33. The molecule has 2 N–H and O–H groups in total. The fraction of sp³-hybridized carbons (Fsp3) is 0.0909. The number of halogens is 3. The number of hydrogen-bond acceptors (Lipinski definition) is 4. The van der Waals surface area contributed by atoms with Gasteiger partial charge in [0.25, 0.3) is 0 Å². The summed E-state index contributed by atoms with van der Waals surface area (Å²) in [7, 11) is 1.67. The van der Waals surface area contributed by atoms with Crippen molar-refractivity contribution in [1.82, 2.24) is 9.97 Å². The summed E-state index contributed by atoms with van der Waals surface area (Å²) < 4.78 is 15.3. The first kappa shape index (κ1) is 13.2. The second kappa shape index (κ2) is 5.62. The Labute approximate surface area is 120 Å². The predicted octanol–water partition coefficient (Wildman–Crippen LogP) is 3.93. The minimum atomic E-state index is -0.513. The van der Waals surface area contributed by atoms with Gasteiger partial charge in [0.15, 0.2) is 11.6 Å². The number of nitrogens with one attached hydrogen (secondary N) is 2. The molecule has 7 heteroatoms. The van der Waals surface area contributed by atoms with Gasteiger partial charge in [-0.25, -0.2) is 9.37 Å². The van der Waals surface area contributed by atoms with Crippen LogP contribution in [0.2, 0.25) is 0 Å². The summed E-state index contributed by atoms with van der Waals surface area (Å²) in [6.45, 7) is 0. The molecule has 4 nitrogen and oxygen atoms in total. The SMILES string of the molecule is CNc1ncc(F)c(Nc2cc(Br)ccc2Br)n1. The Kier molecular flexibility index (Phi) is 4.13. The van der Waals surface area contributed by atoms with Gasteiger partial charge in [0.2, 0.25) is 5.95 Å². The Hall–Kier alpha value is -1.21. The van der Waals surface area contributed by atoms with Gasteiger partial charge in [-0.1, -0.05) is 15.9 Å². The maximum atomic E-state index is 13.6. The average Bonchev–Trinajstić information content (AvgIpc) is 2.36. The molecule has 0 spiro atoms. The molecule has 1 aromatic heterocycles. The zero-order valence-corrected chi connectivity index (χ0v) is 12.5. The van der Waals surface area contributed by atoms with E-state index >= 15 is 0 Å². The third kappa shape index (κ3) is 2.97. The predicted molar refractivity (Wildman–Crippen MR) is 76.7 cm³/mol. The highest BCUT2D eigenvalue weighted by Crippen LogP contribution is 2.29. The normalized spacial score (nSPS) is 10.2. The van der Waals surface area contributed by atoms with Crippen LogP contribution >= 0.6 is 31.9 Å². The van der Waals surface area contributed by atoms with Gasteiger partial charge in [-0.15, -0.1) is 0 Å². The van der Waals surface area contributed by atoms with Crippen molar-refractivity contribution < 1.29 is 4.39 Å². The number of nitrogens with zero attached hydrogens (tertiary/aromatic N) is 2. The summed E-state index contributed by atoms with van der Waals surface area (Å²) >= 11 is 6.74.